The summed E-state index contributed by atoms with van der Waals surface area (Å²) in [5.41, 5.74) is 2.55. The molecule has 3 aromatic heterocycles. The molecular weight excluding hydrogens is 316 g/mol. The zero-order chi connectivity index (χ0) is 17.2. The van der Waals surface area contributed by atoms with Gasteiger partial charge in [0.2, 0.25) is 0 Å². The largest absolute Gasteiger partial charge is 0.497 e. The first kappa shape index (κ1) is 15.1. The normalized spacial score (nSPS) is 10.8. The maximum absolute atomic E-state index is 5.30. The second-order valence-corrected chi connectivity index (χ2v) is 5.55. The Hall–Kier alpha value is -3.48. The monoisotopic (exact) mass is 332 g/mol. The predicted octanol–water partition coefficient (Wildman–Crippen LogP) is 3.18. The van der Waals surface area contributed by atoms with Gasteiger partial charge in [-0.3, -0.25) is 9.67 Å². The summed E-state index contributed by atoms with van der Waals surface area (Å²) < 4.78 is 7.03. The van der Waals surface area contributed by atoms with Crippen LogP contribution in [0, 0.1) is 0 Å². The Bertz CT molecular complexity index is 1040. The number of nitrogens with one attached hydrogen (secondary N) is 1. The number of hydrogen-bond donors (Lipinski definition) is 1. The summed E-state index contributed by atoms with van der Waals surface area (Å²) in [6.07, 6.45) is 7.10. The molecule has 7 nitrogen and oxygen atoms in total. The molecule has 0 fully saturated rings. The van der Waals surface area contributed by atoms with Crippen molar-refractivity contribution in [1.29, 1.82) is 0 Å². The lowest BCUT2D eigenvalue weighted by Crippen LogP contribution is -1.99. The summed E-state index contributed by atoms with van der Waals surface area (Å²) in [6, 6.07) is 9.55. The fourth-order valence-electron chi connectivity index (χ4n) is 2.58. The number of benzene rings is 1. The number of nitrogens with zero attached hydrogens (tertiary/aromatic N) is 5. The molecule has 3 heterocycles. The summed E-state index contributed by atoms with van der Waals surface area (Å²) in [6.45, 7) is 0. The molecule has 124 valence electrons. The van der Waals surface area contributed by atoms with Gasteiger partial charge >= 0.3 is 0 Å². The topological polar surface area (TPSA) is 77.8 Å². The highest BCUT2D eigenvalue weighted by atomic mass is 16.5. The van der Waals surface area contributed by atoms with Crippen LogP contribution in [-0.4, -0.2) is 31.8 Å². The van der Waals surface area contributed by atoms with E-state index < -0.39 is 0 Å². The number of ether oxygens (including phenoxy) is 1. The minimum absolute atomic E-state index is 0.615. The van der Waals surface area contributed by atoms with Crippen LogP contribution in [0.15, 0.2) is 55.1 Å². The fraction of sp³-hybridized carbons (Fsp3) is 0.111. The second kappa shape index (κ2) is 6.20. The average Bonchev–Trinajstić information content (AvgIpc) is 3.06. The first-order chi connectivity index (χ1) is 12.2. The third kappa shape index (κ3) is 2.99. The summed E-state index contributed by atoms with van der Waals surface area (Å²) in [4.78, 5) is 13.5. The Labute approximate surface area is 144 Å². The van der Waals surface area contributed by atoms with Crippen LogP contribution in [0.2, 0.25) is 0 Å². The Kier molecular flexibility index (Phi) is 3.74. The number of methoxy groups -OCH3 is 1. The van der Waals surface area contributed by atoms with Crippen molar-refractivity contribution in [2.45, 2.75) is 0 Å². The summed E-state index contributed by atoms with van der Waals surface area (Å²) in [5, 5.41) is 8.32. The fourth-order valence-corrected chi connectivity index (χ4v) is 2.58. The Morgan fingerprint density at radius 1 is 1.12 bits per heavy atom. The van der Waals surface area contributed by atoms with Crippen LogP contribution in [0.3, 0.4) is 0 Å². The van der Waals surface area contributed by atoms with Crippen LogP contribution in [0.4, 0.5) is 11.5 Å². The molecule has 0 aliphatic heterocycles. The van der Waals surface area contributed by atoms with Crippen molar-refractivity contribution < 1.29 is 4.74 Å². The van der Waals surface area contributed by atoms with Crippen molar-refractivity contribution in [3.63, 3.8) is 0 Å². The summed E-state index contributed by atoms with van der Waals surface area (Å²) in [5.74, 6) is 2.06. The van der Waals surface area contributed by atoms with Crippen molar-refractivity contribution in [2.24, 2.45) is 7.05 Å². The van der Waals surface area contributed by atoms with E-state index in [0.29, 0.717) is 11.6 Å². The molecule has 7 heteroatoms. The molecule has 1 N–H and O–H groups in total. The number of hydrogen-bond acceptors (Lipinski definition) is 6. The molecule has 0 aliphatic rings. The first-order valence-corrected chi connectivity index (χ1v) is 7.75. The lowest BCUT2D eigenvalue weighted by molar-refractivity contribution is 0.415. The SMILES string of the molecule is COc1cccc(-c2nc(Nc3cnn(C)c3)c3cnccc3n2)c1. The van der Waals surface area contributed by atoms with E-state index >= 15 is 0 Å². The molecule has 25 heavy (non-hydrogen) atoms. The number of aromatic nitrogens is 5. The molecule has 0 atom stereocenters. The maximum atomic E-state index is 5.30. The van der Waals surface area contributed by atoms with Gasteiger partial charge in [0.05, 0.1) is 29.9 Å². The Morgan fingerprint density at radius 3 is 2.84 bits per heavy atom. The van der Waals surface area contributed by atoms with Gasteiger partial charge in [0, 0.05) is 31.2 Å². The van der Waals surface area contributed by atoms with Crippen molar-refractivity contribution >= 4 is 22.4 Å². The standard InChI is InChI=1S/C18H16N6O/c1-24-11-13(9-20-24)21-18-15-10-19-7-6-16(15)22-17(23-18)12-4-3-5-14(8-12)25-2/h3-11H,1-2H3,(H,21,22,23). The predicted molar refractivity (Wildman–Crippen MR) is 95.8 cm³/mol. The van der Waals surface area contributed by atoms with Crippen LogP contribution in [0.5, 0.6) is 5.75 Å². The van der Waals surface area contributed by atoms with Gasteiger partial charge < -0.3 is 10.1 Å². The van der Waals surface area contributed by atoms with Crippen molar-refractivity contribution in [2.75, 3.05) is 12.4 Å². The smallest absolute Gasteiger partial charge is 0.162 e. The van der Waals surface area contributed by atoms with E-state index in [2.05, 4.69) is 20.4 Å². The van der Waals surface area contributed by atoms with Gasteiger partial charge in [-0.05, 0) is 18.2 Å². The van der Waals surface area contributed by atoms with Crippen molar-refractivity contribution in [1.82, 2.24) is 24.7 Å². The van der Waals surface area contributed by atoms with Crippen molar-refractivity contribution in [3.8, 4) is 17.1 Å². The first-order valence-electron chi connectivity index (χ1n) is 7.75. The van der Waals surface area contributed by atoms with Gasteiger partial charge in [0.25, 0.3) is 0 Å². The summed E-state index contributed by atoms with van der Waals surface area (Å²) in [7, 11) is 3.51. The van der Waals surface area contributed by atoms with Crippen molar-refractivity contribution in [3.05, 3.63) is 55.1 Å². The van der Waals surface area contributed by atoms with Gasteiger partial charge in [-0.25, -0.2) is 9.97 Å². The molecule has 4 rings (SSSR count). The van der Waals surface area contributed by atoms with E-state index in [-0.39, 0.29) is 0 Å². The molecule has 0 spiro atoms. The quantitative estimate of drug-likeness (QED) is 0.618. The second-order valence-electron chi connectivity index (χ2n) is 5.55. The van der Waals surface area contributed by atoms with Gasteiger partial charge in [0.1, 0.15) is 11.6 Å². The van der Waals surface area contributed by atoms with Crippen LogP contribution in [-0.2, 0) is 7.05 Å². The van der Waals surface area contributed by atoms with E-state index in [4.69, 9.17) is 9.72 Å². The number of pyridine rings is 1. The molecule has 0 bridgehead atoms. The third-order valence-corrected chi connectivity index (χ3v) is 3.79. The van der Waals surface area contributed by atoms with Crippen LogP contribution < -0.4 is 10.1 Å². The Morgan fingerprint density at radius 2 is 2.04 bits per heavy atom. The minimum atomic E-state index is 0.615. The molecule has 0 amide bonds. The van der Waals surface area contributed by atoms with Gasteiger partial charge in [-0.2, -0.15) is 5.10 Å². The molecule has 0 saturated carbocycles. The van der Waals surface area contributed by atoms with E-state index in [9.17, 15) is 0 Å². The maximum Gasteiger partial charge on any atom is 0.162 e. The highest BCUT2D eigenvalue weighted by Crippen LogP contribution is 2.28. The summed E-state index contributed by atoms with van der Waals surface area (Å²) >= 11 is 0. The van der Waals surface area contributed by atoms with Gasteiger partial charge in [-0.15, -0.1) is 0 Å². The third-order valence-electron chi connectivity index (χ3n) is 3.79. The zero-order valence-corrected chi connectivity index (χ0v) is 13.8. The highest BCUT2D eigenvalue weighted by molar-refractivity contribution is 5.91. The lowest BCUT2D eigenvalue weighted by atomic mass is 10.2. The van der Waals surface area contributed by atoms with E-state index in [1.807, 2.05) is 43.6 Å². The molecule has 0 saturated heterocycles. The highest BCUT2D eigenvalue weighted by Gasteiger charge is 2.11. The number of aryl methyl sites for hydroxylation is 1. The Balaban J connectivity index is 1.85. The molecule has 0 aliphatic carbocycles. The van der Waals surface area contributed by atoms with Crippen LogP contribution in [0.25, 0.3) is 22.3 Å². The van der Waals surface area contributed by atoms with E-state index in [1.165, 1.54) is 0 Å². The molecule has 1 aromatic carbocycles. The van der Waals surface area contributed by atoms with Gasteiger partial charge in [0.15, 0.2) is 5.82 Å². The zero-order valence-electron chi connectivity index (χ0n) is 13.8. The lowest BCUT2D eigenvalue weighted by Gasteiger charge is -2.10. The molecule has 0 radical (unpaired) electrons. The average molecular weight is 332 g/mol. The molecule has 0 unspecified atom stereocenters. The van der Waals surface area contributed by atoms with E-state index in [1.54, 1.807) is 30.4 Å². The number of anilines is 2. The van der Waals surface area contributed by atoms with Gasteiger partial charge in [-0.1, -0.05) is 12.1 Å². The van der Waals surface area contributed by atoms with E-state index in [0.717, 1.165) is 27.9 Å². The number of rotatable bonds is 4. The number of fused-ring (bicyclic) bond motifs is 1. The van der Waals surface area contributed by atoms with Crippen LogP contribution in [0.1, 0.15) is 0 Å². The molecule has 4 aromatic rings. The molecular formula is C18H16N6O. The minimum Gasteiger partial charge on any atom is -0.497 e. The van der Waals surface area contributed by atoms with Crippen LogP contribution >= 0.6 is 0 Å².